The van der Waals surface area contributed by atoms with Crippen LogP contribution in [0, 0.1) is 0 Å². The van der Waals surface area contributed by atoms with Gasteiger partial charge in [-0.1, -0.05) is 51.9 Å². The number of benzene rings is 1. The number of carbonyl (C=O) groups excluding carboxylic acids is 1. The predicted molar refractivity (Wildman–Crippen MR) is 108 cm³/mol. The minimum atomic E-state index is -0.154. The van der Waals surface area contributed by atoms with Crippen molar-refractivity contribution in [2.45, 2.75) is 84.0 Å². The van der Waals surface area contributed by atoms with E-state index in [0.29, 0.717) is 5.56 Å². The highest BCUT2D eigenvalue weighted by Gasteiger charge is 2.10. The standard InChI is InChI=1S/C22H34N2O2/c1-2-3-4-5-6-7-8-11-18-26-21-16-14-19(15-17-21)22(25)24-23-20-12-9-10-13-20/h14-17H,2-13,18H2,1H3,(H,24,25). The van der Waals surface area contributed by atoms with E-state index in [1.165, 1.54) is 57.8 Å². The summed E-state index contributed by atoms with van der Waals surface area (Å²) >= 11 is 0. The average molecular weight is 359 g/mol. The molecule has 4 heteroatoms. The molecule has 1 aliphatic carbocycles. The number of nitrogens with one attached hydrogen (secondary N) is 1. The van der Waals surface area contributed by atoms with E-state index in [4.69, 9.17) is 4.74 Å². The van der Waals surface area contributed by atoms with Crippen molar-refractivity contribution in [2.24, 2.45) is 5.10 Å². The number of carbonyl (C=O) groups is 1. The lowest BCUT2D eigenvalue weighted by molar-refractivity contribution is 0.0954. The van der Waals surface area contributed by atoms with E-state index in [-0.39, 0.29) is 5.91 Å². The Balaban J connectivity index is 1.58. The van der Waals surface area contributed by atoms with Gasteiger partial charge in [0.2, 0.25) is 0 Å². The number of hydrogen-bond acceptors (Lipinski definition) is 3. The summed E-state index contributed by atoms with van der Waals surface area (Å²) in [6.45, 7) is 3.00. The van der Waals surface area contributed by atoms with E-state index < -0.39 is 0 Å². The fourth-order valence-electron chi connectivity index (χ4n) is 3.22. The third-order valence-corrected chi connectivity index (χ3v) is 4.88. The second kappa shape index (κ2) is 12.5. The second-order valence-electron chi connectivity index (χ2n) is 7.17. The zero-order chi connectivity index (χ0) is 18.5. The summed E-state index contributed by atoms with van der Waals surface area (Å²) in [6.07, 6.45) is 14.7. The fraction of sp³-hybridized carbons (Fsp3) is 0.636. The van der Waals surface area contributed by atoms with Gasteiger partial charge in [-0.25, -0.2) is 5.43 Å². The molecule has 0 saturated heterocycles. The lowest BCUT2D eigenvalue weighted by Gasteiger charge is -2.07. The molecule has 0 aliphatic heterocycles. The molecule has 1 saturated carbocycles. The molecule has 26 heavy (non-hydrogen) atoms. The van der Waals surface area contributed by atoms with Crippen LogP contribution in [0.2, 0.25) is 0 Å². The Kier molecular flexibility index (Phi) is 9.84. The number of hydrazone groups is 1. The van der Waals surface area contributed by atoms with Crippen molar-refractivity contribution in [2.75, 3.05) is 6.61 Å². The molecule has 0 radical (unpaired) electrons. The topological polar surface area (TPSA) is 50.7 Å². The molecule has 0 unspecified atom stereocenters. The van der Waals surface area contributed by atoms with Crippen molar-refractivity contribution < 1.29 is 9.53 Å². The summed E-state index contributed by atoms with van der Waals surface area (Å²) in [6, 6.07) is 7.32. The molecule has 2 rings (SSSR count). The number of hydrogen-bond donors (Lipinski definition) is 1. The SMILES string of the molecule is CCCCCCCCCCOc1ccc(C(=O)NN=C2CCCC2)cc1. The van der Waals surface area contributed by atoms with Crippen LogP contribution in [0.5, 0.6) is 5.75 Å². The molecule has 0 spiro atoms. The zero-order valence-electron chi connectivity index (χ0n) is 16.3. The van der Waals surface area contributed by atoms with Crippen LogP contribution in [0.3, 0.4) is 0 Å². The molecule has 0 bridgehead atoms. The van der Waals surface area contributed by atoms with Gasteiger partial charge in [0.25, 0.3) is 5.91 Å². The van der Waals surface area contributed by atoms with Gasteiger partial charge in [-0.3, -0.25) is 4.79 Å². The quantitative estimate of drug-likeness (QED) is 0.375. The molecule has 1 fully saturated rings. The molecule has 1 aromatic rings. The molecule has 1 amide bonds. The number of unbranched alkanes of at least 4 members (excludes halogenated alkanes) is 7. The molecular formula is C22H34N2O2. The van der Waals surface area contributed by atoms with Gasteiger partial charge in [0.05, 0.1) is 6.61 Å². The Morgan fingerprint density at radius 3 is 2.23 bits per heavy atom. The summed E-state index contributed by atoms with van der Waals surface area (Å²) in [5, 5.41) is 4.21. The minimum absolute atomic E-state index is 0.154. The number of amides is 1. The van der Waals surface area contributed by atoms with Crippen molar-refractivity contribution in [3.8, 4) is 5.75 Å². The Morgan fingerprint density at radius 1 is 0.962 bits per heavy atom. The van der Waals surface area contributed by atoms with Gasteiger partial charge in [0.1, 0.15) is 5.75 Å². The summed E-state index contributed by atoms with van der Waals surface area (Å²) < 4.78 is 5.77. The van der Waals surface area contributed by atoms with E-state index >= 15 is 0 Å². The number of ether oxygens (including phenoxy) is 1. The highest BCUT2D eigenvalue weighted by Crippen LogP contribution is 2.15. The first-order chi connectivity index (χ1) is 12.8. The van der Waals surface area contributed by atoms with Gasteiger partial charge >= 0.3 is 0 Å². The third-order valence-electron chi connectivity index (χ3n) is 4.88. The second-order valence-corrected chi connectivity index (χ2v) is 7.17. The Bertz CT molecular complexity index is 544. The van der Waals surface area contributed by atoms with Gasteiger partial charge in [-0.2, -0.15) is 5.10 Å². The Morgan fingerprint density at radius 2 is 1.58 bits per heavy atom. The van der Waals surface area contributed by atoms with Crippen LogP contribution < -0.4 is 10.2 Å². The fourth-order valence-corrected chi connectivity index (χ4v) is 3.22. The molecule has 1 N–H and O–H groups in total. The Labute approximate surface area is 158 Å². The first kappa shape index (κ1) is 20.5. The van der Waals surface area contributed by atoms with Crippen molar-refractivity contribution in [3.05, 3.63) is 29.8 Å². The normalized spacial score (nSPS) is 13.7. The summed E-state index contributed by atoms with van der Waals surface area (Å²) in [7, 11) is 0. The maximum Gasteiger partial charge on any atom is 0.271 e. The molecule has 4 nitrogen and oxygen atoms in total. The van der Waals surface area contributed by atoms with Crippen molar-refractivity contribution in [3.63, 3.8) is 0 Å². The van der Waals surface area contributed by atoms with Crippen LogP contribution in [0.25, 0.3) is 0 Å². The highest BCUT2D eigenvalue weighted by atomic mass is 16.5. The van der Waals surface area contributed by atoms with E-state index in [2.05, 4.69) is 17.5 Å². The molecule has 144 valence electrons. The van der Waals surface area contributed by atoms with E-state index in [9.17, 15) is 4.79 Å². The first-order valence-electron chi connectivity index (χ1n) is 10.4. The van der Waals surface area contributed by atoms with Crippen LogP contribution in [0.4, 0.5) is 0 Å². The molecule has 1 aromatic carbocycles. The highest BCUT2D eigenvalue weighted by molar-refractivity contribution is 5.95. The van der Waals surface area contributed by atoms with E-state index in [1.807, 2.05) is 12.1 Å². The van der Waals surface area contributed by atoms with Gasteiger partial charge in [0, 0.05) is 11.3 Å². The van der Waals surface area contributed by atoms with Gasteiger partial charge in [0.15, 0.2) is 0 Å². The van der Waals surface area contributed by atoms with Crippen LogP contribution in [0.1, 0.15) is 94.3 Å². The van der Waals surface area contributed by atoms with Crippen molar-refractivity contribution >= 4 is 11.6 Å². The zero-order valence-corrected chi connectivity index (χ0v) is 16.3. The summed E-state index contributed by atoms with van der Waals surface area (Å²) in [5.74, 6) is 0.672. The molecule has 0 aromatic heterocycles. The molecule has 0 heterocycles. The average Bonchev–Trinajstić information content (AvgIpc) is 3.19. The van der Waals surface area contributed by atoms with Crippen LogP contribution >= 0.6 is 0 Å². The third kappa shape index (κ3) is 8.03. The largest absolute Gasteiger partial charge is 0.494 e. The maximum absolute atomic E-state index is 12.1. The smallest absolute Gasteiger partial charge is 0.271 e. The van der Waals surface area contributed by atoms with Gasteiger partial charge in [-0.05, 0) is 56.4 Å². The Hall–Kier alpha value is -1.84. The lowest BCUT2D eigenvalue weighted by Crippen LogP contribution is -2.18. The van der Waals surface area contributed by atoms with E-state index in [0.717, 1.165) is 37.3 Å². The van der Waals surface area contributed by atoms with Crippen LogP contribution in [0.15, 0.2) is 29.4 Å². The van der Waals surface area contributed by atoms with Crippen LogP contribution in [-0.4, -0.2) is 18.2 Å². The van der Waals surface area contributed by atoms with Crippen molar-refractivity contribution in [1.29, 1.82) is 0 Å². The van der Waals surface area contributed by atoms with Gasteiger partial charge in [-0.15, -0.1) is 0 Å². The molecule has 0 atom stereocenters. The van der Waals surface area contributed by atoms with E-state index in [1.54, 1.807) is 12.1 Å². The minimum Gasteiger partial charge on any atom is -0.494 e. The van der Waals surface area contributed by atoms with Crippen molar-refractivity contribution in [1.82, 2.24) is 5.43 Å². The predicted octanol–water partition coefficient (Wildman–Crippen LogP) is 5.87. The lowest BCUT2D eigenvalue weighted by atomic mass is 10.1. The molecular weight excluding hydrogens is 324 g/mol. The first-order valence-corrected chi connectivity index (χ1v) is 10.4. The summed E-state index contributed by atoms with van der Waals surface area (Å²) in [4.78, 5) is 12.1. The maximum atomic E-state index is 12.1. The number of rotatable bonds is 12. The van der Waals surface area contributed by atoms with Crippen LogP contribution in [-0.2, 0) is 0 Å². The number of nitrogens with zero attached hydrogens (tertiary/aromatic N) is 1. The monoisotopic (exact) mass is 358 g/mol. The molecule has 1 aliphatic rings. The van der Waals surface area contributed by atoms with Gasteiger partial charge < -0.3 is 4.74 Å². The summed E-state index contributed by atoms with van der Waals surface area (Å²) in [5.41, 5.74) is 4.37.